The number of benzene rings is 2. The number of ketones is 1. The number of likely N-dealkylation sites (tertiary alicyclic amines) is 2. The molecule has 0 aromatic heterocycles. The lowest BCUT2D eigenvalue weighted by Crippen LogP contribution is -2.54. The standard InChI is InChI=1S/C37H51NO5.C37H51NO3.CH4/c1-22-16-33-34(38(19-22)35(41)42-21-25-8-6-5-7-9-25)24(3)37(43-33)15-12-26-27-10-11-30-29(20-39)32(40)13-14-36(30,4)31(27)17-28(26)23(2)18-37;1-23-13-15-36(5)28(17-23)11-12-30-29-14-16-37(20-25(3)31(29)19-32(30)36)26(4)34-33(41-37)18-24(2)21-38(34)35(39)40-22-27-9-7-6-8-10-27;/h5-9,22,24,26-27,29-31,33-34,39H,10-21H2,1-4H3;6-10,17,24,26,28-30,32-34H,11-16,18-22H2,1-5H3;1H4/t22-,24+,26-,27-,29?,30+,31-,33+,34-,36-,37-;24-,26+,28+,29-,30-,32-,33+,34-,36-,37-;/m00./s1. The van der Waals surface area contributed by atoms with Gasteiger partial charge in [-0.15, -0.1) is 0 Å². The van der Waals surface area contributed by atoms with E-state index in [4.69, 9.17) is 18.9 Å². The molecule has 464 valence electrons. The van der Waals surface area contributed by atoms with Crippen LogP contribution in [0.25, 0.3) is 0 Å². The van der Waals surface area contributed by atoms with Crippen molar-refractivity contribution >= 4 is 18.0 Å². The maximum Gasteiger partial charge on any atom is 0.410 e. The second kappa shape index (κ2) is 23.6. The van der Waals surface area contributed by atoms with Gasteiger partial charge in [-0.2, -0.15) is 0 Å². The Morgan fingerprint density at radius 1 is 0.612 bits per heavy atom. The fraction of sp³-hybridized carbons (Fsp3) is 0.720. The van der Waals surface area contributed by atoms with E-state index in [2.05, 4.69) is 68.4 Å². The molecular weight excluding hydrogens is 1060 g/mol. The average molecular weight is 1160 g/mol. The first-order valence-electron chi connectivity index (χ1n) is 33.8. The lowest BCUT2D eigenvalue weighted by Gasteiger charge is -2.54. The van der Waals surface area contributed by atoms with E-state index in [9.17, 15) is 19.5 Å². The Bertz CT molecular complexity index is 2900. The van der Waals surface area contributed by atoms with E-state index in [1.54, 1.807) is 22.3 Å². The highest BCUT2D eigenvalue weighted by atomic mass is 16.6. The van der Waals surface area contributed by atoms with Crippen LogP contribution in [0.4, 0.5) is 9.59 Å². The Morgan fingerprint density at radius 2 is 1.08 bits per heavy atom. The molecule has 1 N–H and O–H groups in total. The molecular formula is C75H106N2O8. The summed E-state index contributed by atoms with van der Waals surface area (Å²) in [5, 5.41) is 10.1. The van der Waals surface area contributed by atoms with Gasteiger partial charge < -0.3 is 33.9 Å². The number of rotatable bonds is 5. The normalized spacial score (nSPS) is 43.2. The van der Waals surface area contributed by atoms with E-state index in [0.29, 0.717) is 66.5 Å². The number of hydrogen-bond acceptors (Lipinski definition) is 8. The number of Topliss-reactive ketones (excluding diaryl/α,β-unsaturated/α-hetero) is 1. The summed E-state index contributed by atoms with van der Waals surface area (Å²) in [5.74, 6) is 6.83. The number of carbonyl (C=O) groups is 3. The van der Waals surface area contributed by atoms with Crippen molar-refractivity contribution in [3.8, 4) is 0 Å². The molecule has 0 radical (unpaired) electrons. The molecule has 4 aliphatic heterocycles. The van der Waals surface area contributed by atoms with Gasteiger partial charge in [0.05, 0.1) is 42.1 Å². The van der Waals surface area contributed by atoms with Crippen molar-refractivity contribution in [2.45, 2.75) is 234 Å². The van der Waals surface area contributed by atoms with Gasteiger partial charge >= 0.3 is 12.2 Å². The number of fused-ring (bicyclic) bond motifs is 12. The van der Waals surface area contributed by atoms with Crippen LogP contribution < -0.4 is 0 Å². The predicted octanol–water partition coefficient (Wildman–Crippen LogP) is 16.3. The van der Waals surface area contributed by atoms with Crippen molar-refractivity contribution in [2.24, 2.45) is 87.8 Å². The van der Waals surface area contributed by atoms with E-state index in [1.165, 1.54) is 50.5 Å². The van der Waals surface area contributed by atoms with Gasteiger partial charge in [-0.3, -0.25) is 4.79 Å². The number of piperidine rings is 2. The molecule has 10 heteroatoms. The van der Waals surface area contributed by atoms with Gasteiger partial charge in [0.2, 0.25) is 0 Å². The summed E-state index contributed by atoms with van der Waals surface area (Å²) in [5.41, 5.74) is 10.5. The molecule has 2 amide bonds. The third-order valence-electron chi connectivity index (χ3n) is 26.5. The zero-order valence-electron chi connectivity index (χ0n) is 52.6. The van der Waals surface area contributed by atoms with Crippen LogP contribution in [0.3, 0.4) is 0 Å². The second-order valence-corrected chi connectivity index (χ2v) is 30.9. The second-order valence-electron chi connectivity index (χ2n) is 30.9. The molecule has 0 bridgehead atoms. The predicted molar refractivity (Wildman–Crippen MR) is 335 cm³/mol. The number of allylic oxidation sites excluding steroid dienone is 4. The number of ether oxygens (including phenoxy) is 4. The number of nitrogens with zero attached hydrogens (tertiary/aromatic N) is 2. The Balaban J connectivity index is 0.000000165. The van der Waals surface area contributed by atoms with Crippen molar-refractivity contribution in [1.29, 1.82) is 0 Å². The molecule has 10 nitrogen and oxygen atoms in total. The Kier molecular flexibility index (Phi) is 16.9. The van der Waals surface area contributed by atoms with Crippen LogP contribution in [0.1, 0.15) is 196 Å². The molecule has 12 aliphatic rings. The molecule has 9 fully saturated rings. The molecule has 1 unspecified atom stereocenters. The van der Waals surface area contributed by atoms with Gasteiger partial charge in [-0.1, -0.05) is 144 Å². The van der Waals surface area contributed by atoms with E-state index >= 15 is 0 Å². The summed E-state index contributed by atoms with van der Waals surface area (Å²) in [6.07, 6.45) is 22.7. The minimum atomic E-state index is -0.241. The van der Waals surface area contributed by atoms with Gasteiger partial charge in [0.1, 0.15) is 19.0 Å². The minimum absolute atomic E-state index is 0. The van der Waals surface area contributed by atoms with Crippen molar-refractivity contribution in [3.63, 3.8) is 0 Å². The largest absolute Gasteiger partial charge is 0.445 e. The minimum Gasteiger partial charge on any atom is -0.445 e. The fourth-order valence-electron chi connectivity index (χ4n) is 22.2. The smallest absolute Gasteiger partial charge is 0.410 e. The molecule has 14 rings (SSSR count). The van der Waals surface area contributed by atoms with Crippen LogP contribution >= 0.6 is 0 Å². The molecule has 4 heterocycles. The van der Waals surface area contributed by atoms with E-state index in [1.807, 2.05) is 70.5 Å². The number of aliphatic hydroxyl groups excluding tert-OH is 1. The first-order valence-corrected chi connectivity index (χ1v) is 33.8. The summed E-state index contributed by atoms with van der Waals surface area (Å²) < 4.78 is 26.1. The Morgan fingerprint density at radius 3 is 1.58 bits per heavy atom. The van der Waals surface area contributed by atoms with Gasteiger partial charge in [-0.25, -0.2) is 9.59 Å². The van der Waals surface area contributed by atoms with Gasteiger partial charge in [0, 0.05) is 37.3 Å². The summed E-state index contributed by atoms with van der Waals surface area (Å²) in [4.78, 5) is 43.8. The summed E-state index contributed by atoms with van der Waals surface area (Å²) >= 11 is 0. The van der Waals surface area contributed by atoms with Crippen molar-refractivity contribution in [1.82, 2.24) is 9.80 Å². The third kappa shape index (κ3) is 10.6. The summed E-state index contributed by atoms with van der Waals surface area (Å²) in [6.45, 7) is 23.6. The zero-order chi connectivity index (χ0) is 58.6. The Labute approximate surface area is 511 Å². The number of hydrogen-bond donors (Lipinski definition) is 1. The molecule has 2 spiro atoms. The maximum absolute atomic E-state index is 13.5. The highest BCUT2D eigenvalue weighted by Crippen LogP contribution is 2.68. The number of aliphatic hydroxyl groups is 1. The van der Waals surface area contributed by atoms with Crippen molar-refractivity contribution < 1.29 is 38.4 Å². The highest BCUT2D eigenvalue weighted by molar-refractivity contribution is 5.82. The van der Waals surface area contributed by atoms with E-state index < -0.39 is 0 Å². The van der Waals surface area contributed by atoms with Crippen LogP contribution in [0.2, 0.25) is 0 Å². The molecule has 4 saturated heterocycles. The van der Waals surface area contributed by atoms with Crippen molar-refractivity contribution in [2.75, 3.05) is 19.7 Å². The molecule has 8 aliphatic carbocycles. The van der Waals surface area contributed by atoms with Gasteiger partial charge in [-0.05, 0) is 211 Å². The van der Waals surface area contributed by atoms with E-state index in [-0.39, 0.29) is 84.7 Å². The van der Waals surface area contributed by atoms with Crippen LogP contribution in [-0.2, 0) is 37.0 Å². The van der Waals surface area contributed by atoms with Crippen molar-refractivity contribution in [3.05, 3.63) is 106 Å². The molecule has 21 atom stereocenters. The molecule has 85 heavy (non-hydrogen) atoms. The Hall–Kier alpha value is -4.25. The fourth-order valence-corrected chi connectivity index (χ4v) is 22.2. The number of amides is 2. The topological polar surface area (TPSA) is 115 Å². The first-order chi connectivity index (χ1) is 40.3. The average Bonchev–Trinajstić information content (AvgIpc) is 1.70. The lowest BCUT2D eigenvalue weighted by atomic mass is 9.50. The SMILES string of the molecule is C.CC1=C2C[C@H]3[C@@H](CC[C@@H]4C(CO)C(=O)CC[C@@]43C)[C@@H]2CC[C@@]2(C1)O[C@@H]1C[C@H](C)CN(C(=O)OCc3ccccc3)[C@H]1[C@H]2C.CC1=C[C@H]2CC[C@H]3[C@@H]4CC[C@@]5(CC(C)=C4C[C@@H]3[C@@]2(C)CC1)O[C@@H]1C[C@H](C)CN(C(=O)OCc2ccccc2)[C@H]1[C@H]5C. The quantitative estimate of drug-likeness (QED) is 0.295. The van der Waals surface area contributed by atoms with Crippen LogP contribution in [0.15, 0.2) is 94.6 Å². The van der Waals surface area contributed by atoms with E-state index in [0.717, 1.165) is 112 Å². The van der Waals surface area contributed by atoms with Gasteiger partial charge in [0.15, 0.2) is 0 Å². The third-order valence-corrected chi connectivity index (χ3v) is 26.5. The highest BCUT2D eigenvalue weighted by Gasteiger charge is 2.64. The summed E-state index contributed by atoms with van der Waals surface area (Å²) in [7, 11) is 0. The van der Waals surface area contributed by atoms with Gasteiger partial charge in [0.25, 0.3) is 0 Å². The zero-order valence-corrected chi connectivity index (χ0v) is 52.6. The summed E-state index contributed by atoms with van der Waals surface area (Å²) in [6, 6.07) is 20.1. The first kappa shape index (κ1) is 61.0. The lowest BCUT2D eigenvalue weighted by molar-refractivity contribution is -0.142. The van der Waals surface area contributed by atoms with Crippen LogP contribution in [0, 0.1) is 87.8 Å². The number of carbonyl (C=O) groups excluding carboxylic acids is 3. The molecule has 5 saturated carbocycles. The monoisotopic (exact) mass is 1160 g/mol. The van der Waals surface area contributed by atoms with Crippen LogP contribution in [0.5, 0.6) is 0 Å². The molecule has 2 aromatic carbocycles. The molecule has 2 aromatic rings. The van der Waals surface area contributed by atoms with Crippen LogP contribution in [-0.4, -0.2) is 88.1 Å². The maximum atomic E-state index is 13.5.